The minimum atomic E-state index is -0.872. The molecule has 1 heterocycles. The van der Waals surface area contributed by atoms with E-state index in [-0.39, 0.29) is 54.1 Å². The summed E-state index contributed by atoms with van der Waals surface area (Å²) in [4.78, 5) is 28.1. The molecule has 1 aromatic heterocycles. The molecule has 0 radical (unpaired) electrons. The molecule has 0 fully saturated rings. The van der Waals surface area contributed by atoms with Crippen molar-refractivity contribution in [1.29, 1.82) is 0 Å². The lowest BCUT2D eigenvalue weighted by molar-refractivity contribution is -0.146. The molecule has 166 valence electrons. The number of esters is 1. The van der Waals surface area contributed by atoms with Crippen molar-refractivity contribution in [2.45, 2.75) is 25.5 Å². The van der Waals surface area contributed by atoms with Crippen LogP contribution in [-0.2, 0) is 22.6 Å². The fourth-order valence-corrected chi connectivity index (χ4v) is 2.95. The van der Waals surface area contributed by atoms with Crippen LogP contribution in [-0.4, -0.2) is 36.0 Å². The molecule has 0 aliphatic carbocycles. The fraction of sp³-hybridized carbons (Fsp3) is 0.316. The number of hydrogen-bond donors (Lipinski definition) is 3. The van der Waals surface area contributed by atoms with Gasteiger partial charge in [-0.15, -0.1) is 24.8 Å². The van der Waals surface area contributed by atoms with Gasteiger partial charge < -0.3 is 21.5 Å². The number of pyridine rings is 1. The lowest BCUT2D eigenvalue weighted by atomic mass is 10.0. The monoisotopic (exact) mass is 496 g/mol. The lowest BCUT2D eigenvalue weighted by Crippen LogP contribution is -2.34. The highest BCUT2D eigenvalue weighted by Gasteiger charge is 2.17. The predicted molar refractivity (Wildman–Crippen MR) is 123 cm³/mol. The second-order valence-corrected chi connectivity index (χ2v) is 6.91. The van der Waals surface area contributed by atoms with E-state index in [0.29, 0.717) is 30.6 Å². The summed E-state index contributed by atoms with van der Waals surface area (Å²) in [7, 11) is 0. The Kier molecular flexibility index (Phi) is 13.6. The van der Waals surface area contributed by atoms with Crippen LogP contribution in [0.2, 0.25) is 10.3 Å². The highest BCUT2D eigenvalue weighted by Crippen LogP contribution is 2.16. The van der Waals surface area contributed by atoms with Gasteiger partial charge in [0, 0.05) is 12.1 Å². The smallest absolute Gasteiger partial charge is 0.323 e. The first-order valence-electron chi connectivity index (χ1n) is 8.70. The van der Waals surface area contributed by atoms with Crippen molar-refractivity contribution in [1.82, 2.24) is 10.3 Å². The number of amides is 1. The molecule has 2 rings (SSSR count). The Balaban J connectivity index is 0.00000420. The Morgan fingerprint density at radius 1 is 1.10 bits per heavy atom. The average molecular weight is 498 g/mol. The zero-order chi connectivity index (χ0) is 20.5. The minimum absolute atomic E-state index is 0. The van der Waals surface area contributed by atoms with E-state index in [1.54, 1.807) is 36.4 Å². The summed E-state index contributed by atoms with van der Waals surface area (Å²) in [6, 6.07) is 9.18. The van der Waals surface area contributed by atoms with E-state index < -0.39 is 12.0 Å². The Hall–Kier alpha value is -1.61. The van der Waals surface area contributed by atoms with Crippen LogP contribution in [0.1, 0.15) is 27.9 Å². The normalized spacial score (nSPS) is 10.9. The van der Waals surface area contributed by atoms with Gasteiger partial charge in [0.05, 0.1) is 0 Å². The Morgan fingerprint density at radius 2 is 1.77 bits per heavy atom. The molecule has 5 N–H and O–H groups in total. The number of nitrogens with two attached hydrogens (primary N) is 2. The summed E-state index contributed by atoms with van der Waals surface area (Å²) in [6.45, 7) is 1.00. The number of ether oxygens (including phenoxy) is 1. The maximum atomic E-state index is 12.2. The molecule has 2 aromatic rings. The number of nitrogens with zero attached hydrogens (tertiary/aromatic N) is 1. The first-order chi connectivity index (χ1) is 13.4. The van der Waals surface area contributed by atoms with E-state index in [1.807, 2.05) is 0 Å². The lowest BCUT2D eigenvalue weighted by Gasteiger charge is -2.13. The van der Waals surface area contributed by atoms with E-state index in [1.165, 1.54) is 0 Å². The van der Waals surface area contributed by atoms with Crippen LogP contribution in [0.3, 0.4) is 0 Å². The van der Waals surface area contributed by atoms with Crippen LogP contribution in [0.25, 0.3) is 0 Å². The molecule has 30 heavy (non-hydrogen) atoms. The topological polar surface area (TPSA) is 120 Å². The summed E-state index contributed by atoms with van der Waals surface area (Å²) in [5, 5.41) is 3.21. The van der Waals surface area contributed by atoms with Gasteiger partial charge in [0.15, 0.2) is 0 Å². The predicted octanol–water partition coefficient (Wildman–Crippen LogP) is 2.92. The first-order valence-corrected chi connectivity index (χ1v) is 9.46. The van der Waals surface area contributed by atoms with Gasteiger partial charge in [-0.3, -0.25) is 9.59 Å². The van der Waals surface area contributed by atoms with E-state index in [9.17, 15) is 9.59 Å². The SMILES string of the molecule is Cl.Cl.NCCCNC(=O)c1cccc(C[C@H](N)C(=O)OCc2cc(Cl)nc(Cl)c2)c1. The third kappa shape index (κ3) is 9.47. The molecule has 7 nitrogen and oxygen atoms in total. The van der Waals surface area contributed by atoms with Crippen molar-refractivity contribution in [3.8, 4) is 0 Å². The van der Waals surface area contributed by atoms with Gasteiger partial charge in [0.2, 0.25) is 0 Å². The average Bonchev–Trinajstić information content (AvgIpc) is 2.65. The minimum Gasteiger partial charge on any atom is -0.460 e. The van der Waals surface area contributed by atoms with Crippen LogP contribution >= 0.6 is 48.0 Å². The zero-order valence-corrected chi connectivity index (χ0v) is 19.1. The molecular formula is C19H24Cl4N4O3. The molecule has 0 aliphatic heterocycles. The third-order valence-electron chi connectivity index (χ3n) is 3.82. The van der Waals surface area contributed by atoms with Crippen molar-refractivity contribution < 1.29 is 14.3 Å². The van der Waals surface area contributed by atoms with Gasteiger partial charge in [-0.05, 0) is 54.8 Å². The zero-order valence-electron chi connectivity index (χ0n) is 16.0. The number of halogens is 4. The molecule has 0 unspecified atom stereocenters. The van der Waals surface area contributed by atoms with E-state index in [0.717, 1.165) is 5.56 Å². The van der Waals surface area contributed by atoms with Crippen molar-refractivity contribution in [3.05, 3.63) is 63.4 Å². The molecule has 11 heteroatoms. The number of nitrogens with one attached hydrogen (secondary N) is 1. The Labute approximate surface area is 197 Å². The summed E-state index contributed by atoms with van der Waals surface area (Å²) in [5.41, 5.74) is 13.2. The number of aromatic nitrogens is 1. The van der Waals surface area contributed by atoms with Crippen molar-refractivity contribution in [2.24, 2.45) is 11.5 Å². The molecular weight excluding hydrogens is 474 g/mol. The van der Waals surface area contributed by atoms with Gasteiger partial charge in [0.1, 0.15) is 23.0 Å². The molecule has 1 atom stereocenters. The maximum Gasteiger partial charge on any atom is 0.323 e. The second-order valence-electron chi connectivity index (χ2n) is 6.14. The highest BCUT2D eigenvalue weighted by atomic mass is 35.5. The van der Waals surface area contributed by atoms with Crippen LogP contribution < -0.4 is 16.8 Å². The van der Waals surface area contributed by atoms with Gasteiger partial charge in [-0.1, -0.05) is 35.3 Å². The molecule has 0 bridgehead atoms. The van der Waals surface area contributed by atoms with Crippen LogP contribution in [0.5, 0.6) is 0 Å². The second kappa shape index (κ2) is 14.4. The molecule has 1 amide bonds. The largest absolute Gasteiger partial charge is 0.460 e. The summed E-state index contributed by atoms with van der Waals surface area (Å²) in [5.74, 6) is -0.764. The van der Waals surface area contributed by atoms with Crippen molar-refractivity contribution in [2.75, 3.05) is 13.1 Å². The third-order valence-corrected chi connectivity index (χ3v) is 4.20. The molecule has 0 aliphatic rings. The van der Waals surface area contributed by atoms with Crippen LogP contribution in [0, 0.1) is 0 Å². The van der Waals surface area contributed by atoms with E-state index in [2.05, 4.69) is 10.3 Å². The molecule has 0 saturated carbocycles. The van der Waals surface area contributed by atoms with Crippen LogP contribution in [0.4, 0.5) is 0 Å². The van der Waals surface area contributed by atoms with Gasteiger partial charge in [-0.25, -0.2) is 4.98 Å². The van der Waals surface area contributed by atoms with Gasteiger partial charge in [0.25, 0.3) is 5.91 Å². The standard InChI is InChI=1S/C19H22Cl2N4O3.2ClH/c20-16-9-13(10-17(21)25-16)11-28-19(27)15(23)8-12-3-1-4-14(7-12)18(26)24-6-2-5-22;;/h1,3-4,7,9-10,15H,2,5-6,8,11,22-23H2,(H,24,26);2*1H/t15-;;/m0../s1. The maximum absolute atomic E-state index is 12.2. The Bertz CT molecular complexity index is 819. The number of rotatable bonds is 9. The van der Waals surface area contributed by atoms with E-state index >= 15 is 0 Å². The quantitative estimate of drug-likeness (QED) is 0.278. The number of hydrogen-bond acceptors (Lipinski definition) is 6. The summed E-state index contributed by atoms with van der Waals surface area (Å²) >= 11 is 11.6. The van der Waals surface area contributed by atoms with Crippen molar-refractivity contribution in [3.63, 3.8) is 0 Å². The molecule has 1 aromatic carbocycles. The number of carbonyl (C=O) groups is 2. The number of benzene rings is 1. The molecule has 0 spiro atoms. The highest BCUT2D eigenvalue weighted by molar-refractivity contribution is 6.32. The van der Waals surface area contributed by atoms with E-state index in [4.69, 9.17) is 39.4 Å². The van der Waals surface area contributed by atoms with Crippen LogP contribution in [0.15, 0.2) is 36.4 Å². The van der Waals surface area contributed by atoms with Gasteiger partial charge >= 0.3 is 5.97 Å². The number of carbonyl (C=O) groups excluding carboxylic acids is 2. The van der Waals surface area contributed by atoms with Gasteiger partial charge in [-0.2, -0.15) is 0 Å². The summed E-state index contributed by atoms with van der Waals surface area (Å²) < 4.78 is 5.22. The fourth-order valence-electron chi connectivity index (χ4n) is 2.44. The first kappa shape index (κ1) is 28.4. The molecule has 0 saturated heterocycles. The summed E-state index contributed by atoms with van der Waals surface area (Å²) in [6.07, 6.45) is 0.941. The Morgan fingerprint density at radius 3 is 2.40 bits per heavy atom. The van der Waals surface area contributed by atoms with Crippen molar-refractivity contribution >= 4 is 59.9 Å².